The molecule has 4 nitrogen and oxygen atoms in total. The van der Waals surface area contributed by atoms with Crippen molar-refractivity contribution in [1.29, 1.82) is 0 Å². The SMILES string of the molecule is C.C=C.CCSCC(O)CO.OCC(O)CS. The molecule has 2 unspecified atom stereocenters. The fourth-order valence-electron chi connectivity index (χ4n) is 0.364. The van der Waals surface area contributed by atoms with Crippen molar-refractivity contribution in [2.45, 2.75) is 26.6 Å². The van der Waals surface area contributed by atoms with Gasteiger partial charge in [0.1, 0.15) is 0 Å². The maximum atomic E-state index is 8.72. The van der Waals surface area contributed by atoms with E-state index in [2.05, 4.69) is 25.8 Å². The first-order valence-corrected chi connectivity index (χ1v) is 6.67. The smallest absolute Gasteiger partial charge is 0.0861 e. The number of hydrogen-bond acceptors (Lipinski definition) is 6. The van der Waals surface area contributed by atoms with Gasteiger partial charge in [0, 0.05) is 11.5 Å². The molecule has 0 aromatic heterocycles. The Labute approximate surface area is 115 Å². The number of hydrogen-bond donors (Lipinski definition) is 5. The van der Waals surface area contributed by atoms with Gasteiger partial charge in [-0.2, -0.15) is 24.4 Å². The summed E-state index contributed by atoms with van der Waals surface area (Å²) in [4.78, 5) is 0. The Balaban J connectivity index is -0.0000000844. The lowest BCUT2D eigenvalue weighted by Crippen LogP contribution is -2.14. The predicted octanol–water partition coefficient (Wildman–Crippen LogP) is 0.800. The Hall–Kier alpha value is 0.280. The van der Waals surface area contributed by atoms with E-state index in [-0.39, 0.29) is 20.6 Å². The molecule has 0 aliphatic heterocycles. The number of thiol groups is 1. The van der Waals surface area contributed by atoms with Gasteiger partial charge in [-0.25, -0.2) is 0 Å². The average molecular weight is 288 g/mol. The largest absolute Gasteiger partial charge is 0.394 e. The van der Waals surface area contributed by atoms with Gasteiger partial charge in [-0.1, -0.05) is 14.4 Å². The number of thioether (sulfide) groups is 1. The first kappa shape index (κ1) is 26.0. The zero-order valence-corrected chi connectivity index (χ0v) is 11.5. The van der Waals surface area contributed by atoms with Gasteiger partial charge in [-0.05, 0) is 5.75 Å². The lowest BCUT2D eigenvalue weighted by molar-refractivity contribution is 0.113. The lowest BCUT2D eigenvalue weighted by Gasteiger charge is -2.02. The summed E-state index contributed by atoms with van der Waals surface area (Å²) in [5, 5.41) is 33.4. The number of rotatable bonds is 6. The predicted molar refractivity (Wildman–Crippen MR) is 81.0 cm³/mol. The van der Waals surface area contributed by atoms with Crippen LogP contribution in [0.5, 0.6) is 0 Å². The summed E-state index contributed by atoms with van der Waals surface area (Å²) in [6.45, 7) is 7.71. The number of aliphatic hydroxyl groups is 4. The van der Waals surface area contributed by atoms with Crippen LogP contribution in [-0.4, -0.2) is 63.1 Å². The normalized spacial score (nSPS) is 11.9. The summed E-state index contributed by atoms with van der Waals surface area (Å²) in [7, 11) is 0. The van der Waals surface area contributed by atoms with Gasteiger partial charge in [0.25, 0.3) is 0 Å². The summed E-state index contributed by atoms with van der Waals surface area (Å²) >= 11 is 5.32. The van der Waals surface area contributed by atoms with E-state index in [0.29, 0.717) is 11.5 Å². The zero-order chi connectivity index (χ0) is 13.4. The second-order valence-corrected chi connectivity index (χ2v) is 4.20. The van der Waals surface area contributed by atoms with Crippen molar-refractivity contribution < 1.29 is 20.4 Å². The van der Waals surface area contributed by atoms with Crippen molar-refractivity contribution in [1.82, 2.24) is 0 Å². The van der Waals surface area contributed by atoms with Crippen LogP contribution in [0.2, 0.25) is 0 Å². The highest BCUT2D eigenvalue weighted by Gasteiger charge is 1.98. The van der Waals surface area contributed by atoms with Gasteiger partial charge < -0.3 is 20.4 Å². The molecule has 0 spiro atoms. The highest BCUT2D eigenvalue weighted by Crippen LogP contribution is 2.00. The molecule has 0 heterocycles. The van der Waals surface area contributed by atoms with Crippen LogP contribution < -0.4 is 0 Å². The second kappa shape index (κ2) is 25.2. The molecule has 6 heteroatoms. The fraction of sp³-hybridized carbons (Fsp3) is 0.818. The van der Waals surface area contributed by atoms with Crippen LogP contribution in [0.25, 0.3) is 0 Å². The van der Waals surface area contributed by atoms with Crippen molar-refractivity contribution >= 4 is 24.4 Å². The van der Waals surface area contributed by atoms with E-state index in [1.54, 1.807) is 11.8 Å². The van der Waals surface area contributed by atoms with Crippen molar-refractivity contribution in [3.8, 4) is 0 Å². The molecule has 108 valence electrons. The molecule has 0 aromatic carbocycles. The molecule has 0 saturated heterocycles. The Bertz CT molecular complexity index is 114. The van der Waals surface area contributed by atoms with Crippen LogP contribution in [0.4, 0.5) is 0 Å². The molecule has 17 heavy (non-hydrogen) atoms. The van der Waals surface area contributed by atoms with E-state index in [4.69, 9.17) is 20.4 Å². The summed E-state index contributed by atoms with van der Waals surface area (Å²) in [5.41, 5.74) is 0. The zero-order valence-electron chi connectivity index (χ0n) is 9.75. The van der Waals surface area contributed by atoms with E-state index in [1.165, 1.54) is 0 Å². The van der Waals surface area contributed by atoms with Gasteiger partial charge in [-0.3, -0.25) is 0 Å². The van der Waals surface area contributed by atoms with Crippen LogP contribution in [0.3, 0.4) is 0 Å². The molecule has 0 rings (SSSR count). The van der Waals surface area contributed by atoms with E-state index in [1.807, 2.05) is 6.92 Å². The van der Waals surface area contributed by atoms with Crippen molar-refractivity contribution in [2.75, 3.05) is 30.5 Å². The molecule has 0 saturated carbocycles. The minimum atomic E-state index is -0.645. The summed E-state index contributed by atoms with van der Waals surface area (Å²) in [5.74, 6) is 1.97. The highest BCUT2D eigenvalue weighted by atomic mass is 32.2. The Morgan fingerprint density at radius 1 is 1.12 bits per heavy atom. The molecule has 0 bridgehead atoms. The summed E-state index contributed by atoms with van der Waals surface area (Å²) < 4.78 is 0. The average Bonchev–Trinajstić information content (AvgIpc) is 2.37. The van der Waals surface area contributed by atoms with E-state index in [0.717, 1.165) is 5.75 Å². The topological polar surface area (TPSA) is 80.9 Å². The third-order valence-corrected chi connectivity index (χ3v) is 2.60. The standard InChI is InChI=1S/C5H12O2S.C3H8O2S.C2H4.CH4/c1-2-8-4-5(7)3-6;4-1-3(5)2-6;1-2;/h5-7H,2-4H2,1H3;3-6H,1-2H2;1-2H2;1H4. The van der Waals surface area contributed by atoms with Crippen LogP contribution in [0.15, 0.2) is 13.2 Å². The summed E-state index contributed by atoms with van der Waals surface area (Å²) in [6, 6.07) is 0. The molecule has 0 aliphatic carbocycles. The van der Waals surface area contributed by atoms with Crippen LogP contribution in [0.1, 0.15) is 14.4 Å². The lowest BCUT2D eigenvalue weighted by atomic mass is 10.4. The van der Waals surface area contributed by atoms with Crippen LogP contribution in [-0.2, 0) is 0 Å². The third kappa shape index (κ3) is 31.4. The van der Waals surface area contributed by atoms with E-state index in [9.17, 15) is 0 Å². The maximum Gasteiger partial charge on any atom is 0.0861 e. The van der Waals surface area contributed by atoms with Crippen molar-refractivity contribution in [3.05, 3.63) is 13.2 Å². The molecule has 0 fully saturated rings. The Kier molecular flexibility index (Phi) is 38.5. The molecule has 0 aliphatic rings. The highest BCUT2D eigenvalue weighted by molar-refractivity contribution is 7.99. The minimum Gasteiger partial charge on any atom is -0.394 e. The van der Waals surface area contributed by atoms with E-state index >= 15 is 0 Å². The van der Waals surface area contributed by atoms with Gasteiger partial charge in [0.15, 0.2) is 0 Å². The molecule has 0 amide bonds. The molecule has 0 radical (unpaired) electrons. The van der Waals surface area contributed by atoms with Gasteiger partial charge in [0.05, 0.1) is 25.4 Å². The molecular weight excluding hydrogens is 260 g/mol. The van der Waals surface area contributed by atoms with Crippen molar-refractivity contribution in [3.63, 3.8) is 0 Å². The van der Waals surface area contributed by atoms with Crippen molar-refractivity contribution in [2.24, 2.45) is 0 Å². The minimum absolute atomic E-state index is 0. The van der Waals surface area contributed by atoms with Gasteiger partial charge in [0.2, 0.25) is 0 Å². The van der Waals surface area contributed by atoms with Gasteiger partial charge in [-0.15, -0.1) is 13.2 Å². The maximum absolute atomic E-state index is 8.72. The Morgan fingerprint density at radius 3 is 1.71 bits per heavy atom. The second-order valence-electron chi connectivity index (χ2n) is 2.51. The van der Waals surface area contributed by atoms with Crippen LogP contribution in [0, 0.1) is 0 Å². The monoisotopic (exact) mass is 288 g/mol. The number of aliphatic hydroxyl groups excluding tert-OH is 4. The molecule has 4 N–H and O–H groups in total. The fourth-order valence-corrected chi connectivity index (χ4v) is 1.09. The molecule has 0 aromatic rings. The first-order chi connectivity index (χ1) is 7.62. The summed E-state index contributed by atoms with van der Waals surface area (Å²) in [6.07, 6.45) is -1.17. The quantitative estimate of drug-likeness (QED) is 0.369. The van der Waals surface area contributed by atoms with Crippen LogP contribution >= 0.6 is 24.4 Å². The third-order valence-electron chi connectivity index (χ3n) is 1.15. The van der Waals surface area contributed by atoms with Gasteiger partial charge >= 0.3 is 0 Å². The van der Waals surface area contributed by atoms with E-state index < -0.39 is 12.2 Å². The molecule has 2 atom stereocenters. The Morgan fingerprint density at radius 2 is 1.53 bits per heavy atom. The first-order valence-electron chi connectivity index (χ1n) is 4.88. The molecular formula is C11H28O4S2.